The molecule has 0 radical (unpaired) electrons. The minimum absolute atomic E-state index is 0.0874. The highest BCUT2D eigenvalue weighted by Crippen LogP contribution is 2.22. The molecule has 3 heterocycles. The molecule has 1 aliphatic rings. The Balaban J connectivity index is 1.60. The lowest BCUT2D eigenvalue weighted by Crippen LogP contribution is -2.44. The molecule has 1 fully saturated rings. The van der Waals surface area contributed by atoms with Gasteiger partial charge < -0.3 is 15.5 Å². The van der Waals surface area contributed by atoms with E-state index in [-0.39, 0.29) is 11.9 Å². The van der Waals surface area contributed by atoms with Crippen LogP contribution in [0.1, 0.15) is 36.0 Å². The van der Waals surface area contributed by atoms with Crippen LogP contribution in [0.5, 0.6) is 0 Å². The summed E-state index contributed by atoms with van der Waals surface area (Å²) >= 11 is 0. The van der Waals surface area contributed by atoms with E-state index < -0.39 is 0 Å². The van der Waals surface area contributed by atoms with E-state index in [2.05, 4.69) is 20.7 Å². The number of hydrogen-bond donors (Lipinski definition) is 2. The maximum atomic E-state index is 13.0. The molecule has 2 N–H and O–H groups in total. The summed E-state index contributed by atoms with van der Waals surface area (Å²) in [7, 11) is 1.91. The summed E-state index contributed by atoms with van der Waals surface area (Å²) in [4.78, 5) is 19.4. The average Bonchev–Trinajstić information content (AvgIpc) is 3.20. The third-order valence-electron chi connectivity index (χ3n) is 4.83. The van der Waals surface area contributed by atoms with Crippen LogP contribution in [0, 0.1) is 0 Å². The summed E-state index contributed by atoms with van der Waals surface area (Å²) in [5, 5.41) is 10.6. The molecule has 2 aromatic rings. The number of carbonyl (C=O) groups is 1. The molecule has 0 saturated carbocycles. The van der Waals surface area contributed by atoms with Crippen LogP contribution in [-0.2, 0) is 6.54 Å². The highest BCUT2D eigenvalue weighted by atomic mass is 16.2. The first-order valence-electron chi connectivity index (χ1n) is 9.41. The molecule has 1 saturated heterocycles. The molecular weight excluding hydrogens is 328 g/mol. The molecular formula is C19H28N6O. The highest BCUT2D eigenvalue weighted by Gasteiger charge is 2.27. The summed E-state index contributed by atoms with van der Waals surface area (Å²) < 4.78 is 1.93. The molecule has 1 aliphatic heterocycles. The molecule has 26 heavy (non-hydrogen) atoms. The lowest BCUT2D eigenvalue weighted by molar-refractivity contribution is 0.0593. The number of piperidine rings is 1. The zero-order valence-corrected chi connectivity index (χ0v) is 15.4. The fraction of sp³-hybridized carbons (Fsp3) is 0.526. The number of likely N-dealkylation sites (tertiary alicyclic amines) is 1. The molecule has 0 unspecified atom stereocenters. The van der Waals surface area contributed by atoms with Crippen molar-refractivity contribution in [2.75, 3.05) is 32.0 Å². The molecule has 7 heteroatoms. The molecule has 3 rings (SSSR count). The van der Waals surface area contributed by atoms with Crippen LogP contribution in [0.15, 0.2) is 36.8 Å². The number of anilines is 1. The second-order valence-electron chi connectivity index (χ2n) is 6.67. The third-order valence-corrected chi connectivity index (χ3v) is 4.83. The summed E-state index contributed by atoms with van der Waals surface area (Å²) in [6.07, 6.45) is 9.69. The Labute approximate surface area is 154 Å². The van der Waals surface area contributed by atoms with Gasteiger partial charge in [0.05, 0.1) is 5.56 Å². The standard InChI is InChI=1S/C19H28N6O/c1-20-10-11-21-18-7-6-16(15-22-18)19(26)25-13-3-2-5-17(25)8-14-24-12-4-9-23-24/h4,6-7,9,12,15,17,20H,2-3,5,8,10-11,13-14H2,1H3,(H,21,22)/t17-/m1/s1. The van der Waals surface area contributed by atoms with Crippen LogP contribution in [-0.4, -0.2) is 58.3 Å². The first kappa shape index (κ1) is 18.4. The lowest BCUT2D eigenvalue weighted by atomic mass is 9.98. The molecule has 140 valence electrons. The van der Waals surface area contributed by atoms with Gasteiger partial charge in [0.2, 0.25) is 0 Å². The Kier molecular flexibility index (Phi) is 6.60. The quantitative estimate of drug-likeness (QED) is 0.708. The van der Waals surface area contributed by atoms with Crippen molar-refractivity contribution >= 4 is 11.7 Å². The molecule has 1 amide bonds. The smallest absolute Gasteiger partial charge is 0.255 e. The second kappa shape index (κ2) is 9.33. The van der Waals surface area contributed by atoms with Crippen LogP contribution in [0.25, 0.3) is 0 Å². The molecule has 0 aromatic carbocycles. The van der Waals surface area contributed by atoms with E-state index in [1.165, 1.54) is 6.42 Å². The summed E-state index contributed by atoms with van der Waals surface area (Å²) in [5.74, 6) is 0.884. The van der Waals surface area contributed by atoms with Gasteiger partial charge in [-0.25, -0.2) is 4.98 Å². The largest absolute Gasteiger partial charge is 0.369 e. The predicted octanol–water partition coefficient (Wildman–Crippen LogP) is 1.99. The number of likely N-dealkylation sites (N-methyl/N-ethyl adjacent to an activating group) is 1. The summed E-state index contributed by atoms with van der Waals surface area (Å²) in [6, 6.07) is 5.96. The van der Waals surface area contributed by atoms with Gasteiger partial charge in [-0.05, 0) is 50.9 Å². The molecule has 2 aromatic heterocycles. The van der Waals surface area contributed by atoms with Crippen LogP contribution in [0.2, 0.25) is 0 Å². The molecule has 0 bridgehead atoms. The van der Waals surface area contributed by atoms with Crippen LogP contribution in [0.3, 0.4) is 0 Å². The van der Waals surface area contributed by atoms with Crippen molar-refractivity contribution in [1.82, 2.24) is 25.0 Å². The normalized spacial score (nSPS) is 17.3. The number of nitrogens with zero attached hydrogens (tertiary/aromatic N) is 4. The number of aryl methyl sites for hydroxylation is 1. The van der Waals surface area contributed by atoms with Gasteiger partial charge in [0, 0.05) is 50.8 Å². The number of carbonyl (C=O) groups excluding carboxylic acids is 1. The van der Waals surface area contributed by atoms with Crippen molar-refractivity contribution < 1.29 is 4.79 Å². The molecule has 0 spiro atoms. The fourth-order valence-electron chi connectivity index (χ4n) is 3.39. The third kappa shape index (κ3) is 4.82. The van der Waals surface area contributed by atoms with Crippen molar-refractivity contribution in [2.24, 2.45) is 0 Å². The van der Waals surface area contributed by atoms with Gasteiger partial charge in [-0.2, -0.15) is 5.10 Å². The first-order valence-corrected chi connectivity index (χ1v) is 9.41. The minimum Gasteiger partial charge on any atom is -0.369 e. The van der Waals surface area contributed by atoms with Crippen molar-refractivity contribution in [1.29, 1.82) is 0 Å². The zero-order chi connectivity index (χ0) is 18.2. The number of rotatable bonds is 8. The Hall–Kier alpha value is -2.41. The number of pyridine rings is 1. The van der Waals surface area contributed by atoms with Gasteiger partial charge in [0.25, 0.3) is 5.91 Å². The van der Waals surface area contributed by atoms with Gasteiger partial charge in [0.15, 0.2) is 0 Å². The van der Waals surface area contributed by atoms with Gasteiger partial charge in [-0.3, -0.25) is 9.48 Å². The predicted molar refractivity (Wildman–Crippen MR) is 102 cm³/mol. The Morgan fingerprint density at radius 3 is 2.96 bits per heavy atom. The Morgan fingerprint density at radius 2 is 2.23 bits per heavy atom. The summed E-state index contributed by atoms with van der Waals surface area (Å²) in [5.41, 5.74) is 0.662. The second-order valence-corrected chi connectivity index (χ2v) is 6.67. The van der Waals surface area contributed by atoms with Crippen molar-refractivity contribution in [3.05, 3.63) is 42.4 Å². The van der Waals surface area contributed by atoms with Crippen molar-refractivity contribution in [3.8, 4) is 0 Å². The molecule has 0 aliphatic carbocycles. The topological polar surface area (TPSA) is 75.1 Å². The van der Waals surface area contributed by atoms with E-state index in [4.69, 9.17) is 0 Å². The van der Waals surface area contributed by atoms with E-state index in [0.29, 0.717) is 5.56 Å². The number of amides is 1. The average molecular weight is 356 g/mol. The molecule has 1 atom stereocenters. The lowest BCUT2D eigenvalue weighted by Gasteiger charge is -2.36. The van der Waals surface area contributed by atoms with Crippen molar-refractivity contribution in [2.45, 2.75) is 38.3 Å². The number of nitrogens with one attached hydrogen (secondary N) is 2. The van der Waals surface area contributed by atoms with Crippen molar-refractivity contribution in [3.63, 3.8) is 0 Å². The SMILES string of the molecule is CNCCNc1ccc(C(=O)N2CCCC[C@@H]2CCn2cccn2)cn1. The molecule has 7 nitrogen and oxygen atoms in total. The van der Waals surface area contributed by atoms with E-state index in [9.17, 15) is 4.79 Å². The van der Waals surface area contributed by atoms with Gasteiger partial charge in [0.1, 0.15) is 5.82 Å². The minimum atomic E-state index is 0.0874. The summed E-state index contributed by atoms with van der Waals surface area (Å²) in [6.45, 7) is 3.34. The van der Waals surface area contributed by atoms with E-state index >= 15 is 0 Å². The maximum Gasteiger partial charge on any atom is 0.255 e. The highest BCUT2D eigenvalue weighted by molar-refractivity contribution is 5.94. The zero-order valence-electron chi connectivity index (χ0n) is 15.4. The van der Waals surface area contributed by atoms with Gasteiger partial charge in [-0.15, -0.1) is 0 Å². The van der Waals surface area contributed by atoms with E-state index in [1.54, 1.807) is 12.4 Å². The van der Waals surface area contributed by atoms with E-state index in [1.807, 2.05) is 41.0 Å². The van der Waals surface area contributed by atoms with Crippen LogP contribution < -0.4 is 10.6 Å². The fourth-order valence-corrected chi connectivity index (χ4v) is 3.39. The van der Waals surface area contributed by atoms with Crippen LogP contribution >= 0.6 is 0 Å². The maximum absolute atomic E-state index is 13.0. The van der Waals surface area contributed by atoms with Crippen LogP contribution in [0.4, 0.5) is 5.82 Å². The Bertz CT molecular complexity index is 670. The van der Waals surface area contributed by atoms with Gasteiger partial charge >= 0.3 is 0 Å². The number of aromatic nitrogens is 3. The number of hydrogen-bond acceptors (Lipinski definition) is 5. The van der Waals surface area contributed by atoms with Gasteiger partial charge in [-0.1, -0.05) is 0 Å². The Morgan fingerprint density at radius 1 is 1.31 bits per heavy atom. The first-order chi connectivity index (χ1) is 12.8. The van der Waals surface area contributed by atoms with E-state index in [0.717, 1.165) is 51.3 Å². The monoisotopic (exact) mass is 356 g/mol.